The summed E-state index contributed by atoms with van der Waals surface area (Å²) in [6.07, 6.45) is 7.94. The van der Waals surface area contributed by atoms with Gasteiger partial charge in [0.2, 0.25) is 0 Å². The summed E-state index contributed by atoms with van der Waals surface area (Å²) in [6, 6.07) is 0. The van der Waals surface area contributed by atoms with E-state index in [1.165, 1.54) is 0 Å². The molecular formula is C28H40O6. The van der Waals surface area contributed by atoms with Gasteiger partial charge in [-0.15, -0.1) is 0 Å². The van der Waals surface area contributed by atoms with Crippen LogP contribution in [-0.2, 0) is 19.0 Å². The first-order chi connectivity index (χ1) is 15.9. The number of fused-ring (bicyclic) bond motifs is 5. The van der Waals surface area contributed by atoms with Crippen LogP contribution in [0.5, 0.6) is 0 Å². The zero-order valence-corrected chi connectivity index (χ0v) is 21.1. The third kappa shape index (κ3) is 2.35. The summed E-state index contributed by atoms with van der Waals surface area (Å²) >= 11 is 0. The van der Waals surface area contributed by atoms with Gasteiger partial charge < -0.3 is 24.4 Å². The smallest absolute Gasteiger partial charge is 0.186 e. The molecule has 0 aromatic heterocycles. The van der Waals surface area contributed by atoms with E-state index in [1.807, 2.05) is 13.0 Å². The number of hydrogen-bond donors (Lipinski definition) is 2. The molecular weight excluding hydrogens is 432 g/mol. The summed E-state index contributed by atoms with van der Waals surface area (Å²) in [6.45, 7) is 10.7. The number of ketones is 1. The largest absolute Gasteiger partial charge is 0.393 e. The topological polar surface area (TPSA) is 91.8 Å². The number of ether oxygens (including phenoxy) is 3. The Morgan fingerprint density at radius 1 is 1.12 bits per heavy atom. The molecule has 14 atom stereocenters. The molecule has 3 saturated heterocycles. The normalized spacial score (nSPS) is 64.3. The fourth-order valence-electron chi connectivity index (χ4n) is 10.4. The average Bonchev–Trinajstić information content (AvgIpc) is 3.59. The molecule has 6 fully saturated rings. The fourth-order valence-corrected chi connectivity index (χ4v) is 10.4. The van der Waals surface area contributed by atoms with Gasteiger partial charge in [0.15, 0.2) is 12.1 Å². The van der Waals surface area contributed by atoms with Gasteiger partial charge in [-0.2, -0.15) is 0 Å². The van der Waals surface area contributed by atoms with Crippen molar-refractivity contribution in [2.75, 3.05) is 0 Å². The fraction of sp³-hybridized carbons (Fsp3) is 0.893. The lowest BCUT2D eigenvalue weighted by atomic mass is 9.44. The number of hydrogen-bond acceptors (Lipinski definition) is 6. The second kappa shape index (κ2) is 6.36. The number of aliphatic hydroxyl groups excluding tert-OH is 2. The Labute approximate surface area is 202 Å². The second-order valence-corrected chi connectivity index (χ2v) is 13.7. The Balaban J connectivity index is 1.18. The van der Waals surface area contributed by atoms with E-state index in [0.29, 0.717) is 17.8 Å². The number of allylic oxidation sites excluding steroid dienone is 1. The molecule has 3 heterocycles. The maximum absolute atomic E-state index is 13.3. The molecule has 7 rings (SSSR count). The minimum Gasteiger partial charge on any atom is -0.393 e. The van der Waals surface area contributed by atoms with Gasteiger partial charge in [0.25, 0.3) is 0 Å². The number of carbonyl (C=O) groups is 1. The van der Waals surface area contributed by atoms with Crippen molar-refractivity contribution in [2.45, 2.75) is 115 Å². The van der Waals surface area contributed by atoms with Crippen molar-refractivity contribution in [3.8, 4) is 0 Å². The van der Waals surface area contributed by atoms with E-state index in [0.717, 1.165) is 38.5 Å². The van der Waals surface area contributed by atoms with Gasteiger partial charge in [0, 0.05) is 6.42 Å². The predicted octanol–water partition coefficient (Wildman–Crippen LogP) is 3.38. The molecule has 3 saturated carbocycles. The Hall–Kier alpha value is -0.790. The third-order valence-electron chi connectivity index (χ3n) is 12.6. The molecule has 188 valence electrons. The zero-order valence-electron chi connectivity index (χ0n) is 21.1. The lowest BCUT2D eigenvalue weighted by molar-refractivity contribution is -0.206. The van der Waals surface area contributed by atoms with Crippen molar-refractivity contribution in [2.24, 2.45) is 40.4 Å². The van der Waals surface area contributed by atoms with Gasteiger partial charge in [0.1, 0.15) is 16.8 Å². The summed E-state index contributed by atoms with van der Waals surface area (Å²) in [7, 11) is 0. The molecule has 34 heavy (non-hydrogen) atoms. The molecule has 0 aromatic rings. The Morgan fingerprint density at radius 3 is 2.62 bits per heavy atom. The van der Waals surface area contributed by atoms with Gasteiger partial charge in [0.05, 0.1) is 23.7 Å². The molecule has 0 aromatic carbocycles. The van der Waals surface area contributed by atoms with E-state index >= 15 is 0 Å². The van der Waals surface area contributed by atoms with E-state index in [2.05, 4.69) is 27.7 Å². The highest BCUT2D eigenvalue weighted by molar-refractivity contribution is 5.97. The van der Waals surface area contributed by atoms with Crippen molar-refractivity contribution < 1.29 is 29.2 Å². The highest BCUT2D eigenvalue weighted by Gasteiger charge is 2.78. The molecule has 2 N–H and O–H groups in total. The molecule has 7 aliphatic rings. The third-order valence-corrected chi connectivity index (χ3v) is 12.6. The quantitative estimate of drug-likeness (QED) is 0.599. The average molecular weight is 473 g/mol. The van der Waals surface area contributed by atoms with Crippen LogP contribution in [-0.4, -0.2) is 57.4 Å². The van der Waals surface area contributed by atoms with Crippen LogP contribution >= 0.6 is 0 Å². The van der Waals surface area contributed by atoms with Crippen LogP contribution in [0, 0.1) is 40.4 Å². The van der Waals surface area contributed by atoms with Gasteiger partial charge in [-0.05, 0) is 94.0 Å². The van der Waals surface area contributed by atoms with Gasteiger partial charge in [-0.25, -0.2) is 0 Å². The van der Waals surface area contributed by atoms with Gasteiger partial charge >= 0.3 is 0 Å². The van der Waals surface area contributed by atoms with Crippen molar-refractivity contribution in [1.82, 2.24) is 0 Å². The molecule has 0 bridgehead atoms. The number of epoxide rings is 2. The minimum absolute atomic E-state index is 0.0147. The molecule has 4 aliphatic carbocycles. The van der Waals surface area contributed by atoms with E-state index < -0.39 is 23.4 Å². The summed E-state index contributed by atoms with van der Waals surface area (Å²) in [5, 5.41) is 22.2. The number of rotatable bonds is 2. The Kier molecular flexibility index (Phi) is 4.20. The molecule has 0 unspecified atom stereocenters. The van der Waals surface area contributed by atoms with Crippen LogP contribution < -0.4 is 0 Å². The molecule has 6 nitrogen and oxygen atoms in total. The predicted molar refractivity (Wildman–Crippen MR) is 124 cm³/mol. The maximum atomic E-state index is 13.3. The Morgan fingerprint density at radius 2 is 1.88 bits per heavy atom. The van der Waals surface area contributed by atoms with Crippen LogP contribution in [0.25, 0.3) is 0 Å². The first-order valence-electron chi connectivity index (χ1n) is 13.5. The molecule has 1 spiro atoms. The summed E-state index contributed by atoms with van der Waals surface area (Å²) in [5.74, 6) is 1.54. The Bertz CT molecular complexity index is 980. The maximum Gasteiger partial charge on any atom is 0.186 e. The van der Waals surface area contributed by atoms with Crippen molar-refractivity contribution in [3.63, 3.8) is 0 Å². The monoisotopic (exact) mass is 472 g/mol. The van der Waals surface area contributed by atoms with Crippen LogP contribution in [0.3, 0.4) is 0 Å². The molecule has 3 aliphatic heterocycles. The minimum atomic E-state index is -0.930. The van der Waals surface area contributed by atoms with Crippen molar-refractivity contribution >= 4 is 5.78 Å². The van der Waals surface area contributed by atoms with Crippen LogP contribution in [0.2, 0.25) is 0 Å². The van der Waals surface area contributed by atoms with Crippen LogP contribution in [0.1, 0.15) is 73.1 Å². The zero-order chi connectivity index (χ0) is 24.1. The first kappa shape index (κ1) is 22.4. The van der Waals surface area contributed by atoms with Crippen molar-refractivity contribution in [3.05, 3.63) is 12.2 Å². The standard InChI is InChI=1S/C28H40O6/c1-14(19-13-25(3)27(5,34-25)23(31)32-19)22-18(29)12-17-15-11-21-28(33-21)9-6-7-20(30)26(28,4)16(15)8-10-24(17,22)2/h6-7,14-19,21-23,29,31H,8-13H2,1-5H3/t14-,15-,16+,17-,18-,19-,21+,22+,23-,24+,25+,26+,27-,28+/m1/s1. The number of carbonyl (C=O) groups excluding carboxylic acids is 1. The highest BCUT2D eigenvalue weighted by atomic mass is 16.7. The lowest BCUT2D eigenvalue weighted by Gasteiger charge is -2.57. The van der Waals surface area contributed by atoms with Crippen molar-refractivity contribution in [1.29, 1.82) is 0 Å². The molecule has 0 radical (unpaired) electrons. The van der Waals surface area contributed by atoms with E-state index in [4.69, 9.17) is 14.2 Å². The second-order valence-electron chi connectivity index (χ2n) is 13.7. The van der Waals surface area contributed by atoms with Crippen LogP contribution in [0.4, 0.5) is 0 Å². The summed E-state index contributed by atoms with van der Waals surface area (Å²) in [5.41, 5.74) is -1.71. The molecule has 6 heteroatoms. The SMILES string of the molecule is C[C@@H]([C@H]1[C@H](O)C[C@@H]2[C@@H]3C[C@@H]4O[C@@]45CC=CC(=O)[C@]5(C)[C@H]3CC[C@]12C)[C@H]1C[C@]2(C)O[C@]2(C)[C@H](O)O1. The lowest BCUT2D eigenvalue weighted by Crippen LogP contribution is -2.60. The van der Waals surface area contributed by atoms with E-state index in [1.54, 1.807) is 6.08 Å². The first-order valence-corrected chi connectivity index (χ1v) is 13.5. The summed E-state index contributed by atoms with van der Waals surface area (Å²) in [4.78, 5) is 13.3. The van der Waals surface area contributed by atoms with Crippen LogP contribution in [0.15, 0.2) is 12.2 Å². The van der Waals surface area contributed by atoms with E-state index in [-0.39, 0.29) is 46.4 Å². The van der Waals surface area contributed by atoms with Gasteiger partial charge in [-0.1, -0.05) is 19.9 Å². The summed E-state index contributed by atoms with van der Waals surface area (Å²) < 4.78 is 18.4. The van der Waals surface area contributed by atoms with E-state index in [9.17, 15) is 15.0 Å². The highest BCUT2D eigenvalue weighted by Crippen LogP contribution is 2.73. The van der Waals surface area contributed by atoms with Gasteiger partial charge in [-0.3, -0.25) is 4.79 Å². The number of aliphatic hydroxyl groups is 2. The molecule has 0 amide bonds.